The molecule has 0 unspecified atom stereocenters. The highest BCUT2D eigenvalue weighted by Crippen LogP contribution is 2.38. The van der Waals surface area contributed by atoms with Crippen molar-refractivity contribution in [2.75, 3.05) is 13.7 Å². The topological polar surface area (TPSA) is 71.4 Å². The van der Waals surface area contributed by atoms with E-state index in [1.54, 1.807) is 18.2 Å². The first-order chi connectivity index (χ1) is 10.0. The van der Waals surface area contributed by atoms with Gasteiger partial charge in [-0.15, -0.1) is 0 Å². The van der Waals surface area contributed by atoms with E-state index < -0.39 is 0 Å². The molecule has 0 spiro atoms. The van der Waals surface area contributed by atoms with Crippen molar-refractivity contribution in [2.24, 2.45) is 0 Å². The highest BCUT2D eigenvalue weighted by molar-refractivity contribution is 8.18. The number of methoxy groups -OCH3 is 1. The van der Waals surface area contributed by atoms with E-state index in [9.17, 15) is 4.79 Å². The van der Waals surface area contributed by atoms with Gasteiger partial charge in [0.2, 0.25) is 0 Å². The van der Waals surface area contributed by atoms with Crippen LogP contribution in [0.1, 0.15) is 18.9 Å². The van der Waals surface area contributed by atoms with Crippen molar-refractivity contribution in [3.05, 3.63) is 27.6 Å². The summed E-state index contributed by atoms with van der Waals surface area (Å²) < 4.78 is 10.9. The Balaban J connectivity index is 2.34. The molecule has 1 heterocycles. The molecule has 0 radical (unpaired) electrons. The molecule has 5 nitrogen and oxygen atoms in total. The minimum Gasteiger partial charge on any atom is -0.493 e. The largest absolute Gasteiger partial charge is 0.493 e. The first kappa shape index (κ1) is 15.7. The zero-order valence-electron chi connectivity index (χ0n) is 11.7. The fourth-order valence-electron chi connectivity index (χ4n) is 1.76. The second kappa shape index (κ2) is 6.87. The van der Waals surface area contributed by atoms with Crippen LogP contribution in [0.5, 0.6) is 11.5 Å². The molecule has 1 fully saturated rings. The highest BCUT2D eigenvalue weighted by Gasteiger charge is 2.22. The molecule has 2 rings (SSSR count). The van der Waals surface area contributed by atoms with Crippen molar-refractivity contribution in [2.45, 2.75) is 13.3 Å². The first-order valence-corrected chi connectivity index (χ1v) is 7.54. The molecule has 0 aromatic heterocycles. The molecule has 1 aliphatic rings. The van der Waals surface area contributed by atoms with E-state index >= 15 is 0 Å². The third-order valence-corrected chi connectivity index (χ3v) is 3.77. The molecule has 1 saturated heterocycles. The smallest absolute Gasteiger partial charge is 0.264 e. The Labute approximate surface area is 132 Å². The van der Waals surface area contributed by atoms with E-state index in [4.69, 9.17) is 26.5 Å². The zero-order valence-corrected chi connectivity index (χ0v) is 13.2. The van der Waals surface area contributed by atoms with Crippen LogP contribution in [0.15, 0.2) is 17.0 Å². The maximum absolute atomic E-state index is 11.6. The van der Waals surface area contributed by atoms with E-state index in [-0.39, 0.29) is 11.1 Å². The number of hydrogen-bond acceptors (Lipinski definition) is 5. The molecule has 2 N–H and O–H groups in total. The Bertz CT molecular complexity index is 616. The van der Waals surface area contributed by atoms with Crippen molar-refractivity contribution < 1.29 is 14.3 Å². The maximum atomic E-state index is 11.6. The predicted octanol–water partition coefficient (Wildman–Crippen LogP) is 3.28. The second-order valence-electron chi connectivity index (χ2n) is 4.28. The standard InChI is InChI=1S/C14H15ClN2O3S/c1-3-4-20-12-9(15)5-8(6-10(12)19-2)7-11-13(18)17-14(16)21-11/h5-7H,3-4H2,1-2H3,(H2,16,17,18)/b11-7+. The Morgan fingerprint density at radius 1 is 1.48 bits per heavy atom. The molecular formula is C14H15ClN2O3S. The number of hydrogen-bond donors (Lipinski definition) is 2. The molecule has 1 amide bonds. The van der Waals surface area contributed by atoms with Crippen molar-refractivity contribution in [1.82, 2.24) is 5.32 Å². The molecular weight excluding hydrogens is 312 g/mol. The minimum atomic E-state index is -0.286. The summed E-state index contributed by atoms with van der Waals surface area (Å²) in [6.45, 7) is 2.55. The van der Waals surface area contributed by atoms with Gasteiger partial charge in [-0.3, -0.25) is 10.2 Å². The number of rotatable bonds is 5. The van der Waals surface area contributed by atoms with Gasteiger partial charge in [-0.2, -0.15) is 0 Å². The maximum Gasteiger partial charge on any atom is 0.264 e. The summed E-state index contributed by atoms with van der Waals surface area (Å²) in [4.78, 5) is 12.1. The third kappa shape index (κ3) is 3.71. The van der Waals surface area contributed by atoms with E-state index in [2.05, 4.69) is 5.32 Å². The summed E-state index contributed by atoms with van der Waals surface area (Å²) in [5.41, 5.74) is 0.716. The second-order valence-corrected chi connectivity index (χ2v) is 5.74. The number of ether oxygens (including phenoxy) is 2. The molecule has 1 aliphatic heterocycles. The lowest BCUT2D eigenvalue weighted by molar-refractivity contribution is -0.115. The summed E-state index contributed by atoms with van der Waals surface area (Å²) in [6, 6.07) is 3.46. The number of halogens is 1. The Kier molecular flexibility index (Phi) is 5.14. The number of thioether (sulfide) groups is 1. The van der Waals surface area contributed by atoms with E-state index in [0.717, 1.165) is 18.2 Å². The van der Waals surface area contributed by atoms with Crippen LogP contribution in [0.2, 0.25) is 5.02 Å². The third-order valence-electron chi connectivity index (χ3n) is 2.66. The molecule has 0 saturated carbocycles. The van der Waals surface area contributed by atoms with Gasteiger partial charge in [-0.1, -0.05) is 18.5 Å². The van der Waals surface area contributed by atoms with Crippen LogP contribution in [-0.4, -0.2) is 24.8 Å². The Morgan fingerprint density at radius 3 is 2.81 bits per heavy atom. The summed E-state index contributed by atoms with van der Waals surface area (Å²) in [6.07, 6.45) is 2.53. The van der Waals surface area contributed by atoms with Gasteiger partial charge in [0.25, 0.3) is 5.91 Å². The molecule has 7 heteroatoms. The molecule has 1 aromatic carbocycles. The van der Waals surface area contributed by atoms with E-state index in [0.29, 0.717) is 33.6 Å². The lowest BCUT2D eigenvalue weighted by Crippen LogP contribution is -2.18. The lowest BCUT2D eigenvalue weighted by atomic mass is 10.2. The molecule has 0 bridgehead atoms. The van der Waals surface area contributed by atoms with Crippen molar-refractivity contribution >= 4 is 40.5 Å². The van der Waals surface area contributed by atoms with Crippen LogP contribution < -0.4 is 14.8 Å². The molecule has 112 valence electrons. The minimum absolute atomic E-state index is 0.118. The number of amidine groups is 1. The quantitative estimate of drug-likeness (QED) is 0.815. The summed E-state index contributed by atoms with van der Waals surface area (Å²) >= 11 is 7.29. The average Bonchev–Trinajstić information content (AvgIpc) is 2.75. The SMILES string of the molecule is CCCOc1c(Cl)cc(/C=C2/SC(=N)NC2=O)cc1OC. The van der Waals surface area contributed by atoms with Gasteiger partial charge < -0.3 is 14.8 Å². The lowest BCUT2D eigenvalue weighted by Gasteiger charge is -2.12. The Hall–Kier alpha value is -1.66. The fraction of sp³-hybridized carbons (Fsp3) is 0.286. The van der Waals surface area contributed by atoms with Gasteiger partial charge in [0.15, 0.2) is 16.7 Å². The van der Waals surface area contributed by atoms with Crippen molar-refractivity contribution in [1.29, 1.82) is 5.41 Å². The number of nitrogens with one attached hydrogen (secondary N) is 2. The van der Waals surface area contributed by atoms with E-state index in [1.165, 1.54) is 7.11 Å². The van der Waals surface area contributed by atoms with Crippen LogP contribution in [-0.2, 0) is 4.79 Å². The van der Waals surface area contributed by atoms with Crippen LogP contribution in [0.4, 0.5) is 0 Å². The van der Waals surface area contributed by atoms with Gasteiger partial charge in [-0.05, 0) is 42.0 Å². The van der Waals surface area contributed by atoms with Gasteiger partial charge in [0.05, 0.1) is 23.6 Å². The summed E-state index contributed by atoms with van der Waals surface area (Å²) in [7, 11) is 1.54. The normalized spacial score (nSPS) is 16.2. The van der Waals surface area contributed by atoms with Crippen molar-refractivity contribution in [3.63, 3.8) is 0 Å². The predicted molar refractivity (Wildman–Crippen MR) is 85.2 cm³/mol. The number of benzene rings is 1. The monoisotopic (exact) mass is 326 g/mol. The summed E-state index contributed by atoms with van der Waals surface area (Å²) in [5, 5.41) is 10.4. The van der Waals surface area contributed by atoms with Gasteiger partial charge in [0.1, 0.15) is 0 Å². The summed E-state index contributed by atoms with van der Waals surface area (Å²) in [5.74, 6) is 0.729. The van der Waals surface area contributed by atoms with Gasteiger partial charge in [0, 0.05) is 0 Å². The molecule has 1 aromatic rings. The molecule has 0 aliphatic carbocycles. The van der Waals surface area contributed by atoms with Crippen LogP contribution >= 0.6 is 23.4 Å². The number of carbonyl (C=O) groups is 1. The molecule has 0 atom stereocenters. The van der Waals surface area contributed by atoms with Crippen molar-refractivity contribution in [3.8, 4) is 11.5 Å². The van der Waals surface area contributed by atoms with Gasteiger partial charge in [-0.25, -0.2) is 0 Å². The molecule has 21 heavy (non-hydrogen) atoms. The highest BCUT2D eigenvalue weighted by atomic mass is 35.5. The average molecular weight is 327 g/mol. The van der Waals surface area contributed by atoms with Crippen LogP contribution in [0, 0.1) is 5.41 Å². The van der Waals surface area contributed by atoms with E-state index in [1.807, 2.05) is 6.92 Å². The Morgan fingerprint density at radius 2 is 2.24 bits per heavy atom. The number of amides is 1. The van der Waals surface area contributed by atoms with Gasteiger partial charge >= 0.3 is 0 Å². The first-order valence-electron chi connectivity index (χ1n) is 6.35. The van der Waals surface area contributed by atoms with Crippen LogP contribution in [0.3, 0.4) is 0 Å². The number of carbonyl (C=O) groups excluding carboxylic acids is 1. The zero-order chi connectivity index (χ0) is 15.4. The van der Waals surface area contributed by atoms with Crippen LogP contribution in [0.25, 0.3) is 6.08 Å². The fourth-order valence-corrected chi connectivity index (χ4v) is 2.74.